The molecule has 1 heteroatoms. The first-order valence-corrected chi connectivity index (χ1v) is 3.57. The van der Waals surface area contributed by atoms with Gasteiger partial charge in [0.05, 0.1) is 0 Å². The van der Waals surface area contributed by atoms with E-state index in [1.165, 1.54) is 11.1 Å². The summed E-state index contributed by atoms with van der Waals surface area (Å²) in [7, 11) is 0. The fourth-order valence-electron chi connectivity index (χ4n) is 0.485. The van der Waals surface area contributed by atoms with E-state index in [0.29, 0.717) is 0 Å². The monoisotopic (exact) mass is 197 g/mol. The molecule has 0 fully saturated rings. The number of rotatable bonds is 1. The van der Waals surface area contributed by atoms with E-state index in [2.05, 4.69) is 45.1 Å². The third-order valence-corrected chi connectivity index (χ3v) is 1.47. The average molecular weight is 196 g/mol. The molecule has 0 aliphatic rings. The van der Waals surface area contributed by atoms with E-state index in [1.54, 1.807) is 0 Å². The van der Waals surface area contributed by atoms with Crippen LogP contribution < -0.4 is 0 Å². The quantitative estimate of drug-likeness (QED) is 0.446. The average Bonchev–Trinajstić information content (AvgIpc) is 1.65. The van der Waals surface area contributed by atoms with Crippen molar-refractivity contribution in [2.75, 3.05) is 0 Å². The van der Waals surface area contributed by atoms with E-state index in [9.17, 15) is 0 Å². The zero-order chi connectivity index (χ0) is 6.57. The molecule has 0 aromatic rings. The Morgan fingerprint density at radius 3 is 1.88 bits per heavy atom. The van der Waals surface area contributed by atoms with Crippen LogP contribution in [0.2, 0.25) is 0 Å². The zero-order valence-corrected chi connectivity index (χ0v) is 7.25. The van der Waals surface area contributed by atoms with Crippen LogP contribution in [0, 0.1) is 0 Å². The van der Waals surface area contributed by atoms with Crippen molar-refractivity contribution in [3.05, 3.63) is 21.9 Å². The Morgan fingerprint density at radius 2 is 1.75 bits per heavy atom. The molecule has 0 bridgehead atoms. The summed E-state index contributed by atoms with van der Waals surface area (Å²) in [5.41, 5.74) is 2.66. The molecule has 0 aromatic heterocycles. The molecule has 0 heterocycles. The van der Waals surface area contributed by atoms with E-state index < -0.39 is 0 Å². The Bertz CT molecular complexity index is 116. The first-order chi connectivity index (χ1) is 3.66. The fraction of sp³-hybridized carbons (Fsp3) is 0.429. The van der Waals surface area contributed by atoms with Crippen molar-refractivity contribution in [1.82, 2.24) is 0 Å². The second-order valence-electron chi connectivity index (χ2n) is 2.07. The van der Waals surface area contributed by atoms with E-state index in [4.69, 9.17) is 0 Å². The van der Waals surface area contributed by atoms with Gasteiger partial charge in [-0.25, -0.2) is 0 Å². The number of allylic oxidation sites excluding steroid dienone is 3. The van der Waals surface area contributed by atoms with Crippen molar-refractivity contribution in [2.24, 2.45) is 0 Å². The van der Waals surface area contributed by atoms with Gasteiger partial charge in [0, 0.05) is 0 Å². The van der Waals surface area contributed by atoms with E-state index in [-0.39, 0.29) is 0 Å². The van der Waals surface area contributed by atoms with Crippen LogP contribution in [0.1, 0.15) is 20.8 Å². The van der Waals surface area contributed by atoms with Gasteiger partial charge in [-0.2, -0.15) is 0 Å². The van der Waals surface area contributed by atoms with Crippen LogP contribution in [0.4, 0.5) is 0 Å². The third-order valence-electron chi connectivity index (χ3n) is 0.677. The normalized spacial score (nSPS) is 11.2. The molecule has 0 radical (unpaired) electrons. The molecule has 0 N–H and O–H groups in total. The maximum absolute atomic E-state index is 2.49. The Kier molecular flexibility index (Phi) is 4.08. The Labute approximate surface area is 61.3 Å². The van der Waals surface area contributed by atoms with Crippen molar-refractivity contribution < 1.29 is 18.3 Å². The zero-order valence-electron chi connectivity index (χ0n) is 5.51. The predicted octanol–water partition coefficient (Wildman–Crippen LogP) is 2.40. The maximum atomic E-state index is 2.49. The van der Waals surface area contributed by atoms with E-state index in [1.807, 2.05) is 4.67 Å². The molecule has 0 saturated carbocycles. The van der Waals surface area contributed by atoms with Gasteiger partial charge in [-0.3, -0.25) is 0 Å². The van der Waals surface area contributed by atoms with Gasteiger partial charge in [-0.1, -0.05) is 0 Å². The summed E-state index contributed by atoms with van der Waals surface area (Å²) < 4.78 is 2.03. The molecule has 0 aromatic carbocycles. The van der Waals surface area contributed by atoms with Crippen LogP contribution in [0.5, 0.6) is 0 Å². The van der Waals surface area contributed by atoms with Crippen molar-refractivity contribution in [3.8, 4) is 0 Å². The molecule has 47 valence electrons. The Hall–Kier alpha value is 0.103. The number of hydrogen-bond donors (Lipinski definition) is 0. The fourth-order valence-corrected chi connectivity index (χ4v) is 0.630. The number of hydrogen-bond acceptors (Lipinski definition) is 0. The van der Waals surface area contributed by atoms with Crippen molar-refractivity contribution in [2.45, 2.75) is 20.8 Å². The second-order valence-corrected chi connectivity index (χ2v) is 2.57. The molecule has 0 atom stereocenters. The van der Waals surface area contributed by atoms with Gasteiger partial charge in [0.15, 0.2) is 0 Å². The molecule has 0 aliphatic heterocycles. The van der Waals surface area contributed by atoms with Crippen LogP contribution in [-0.4, -0.2) is 0 Å². The van der Waals surface area contributed by atoms with E-state index >= 15 is 0 Å². The van der Waals surface area contributed by atoms with Gasteiger partial charge in [-0.05, 0) is 0 Å². The first kappa shape index (κ1) is 8.10. The van der Waals surface area contributed by atoms with Crippen LogP contribution in [-0.2, 0) is 18.3 Å². The van der Waals surface area contributed by atoms with Crippen LogP contribution >= 0.6 is 0 Å². The summed E-state index contributed by atoms with van der Waals surface area (Å²) in [6.45, 7) is 6.28. The summed E-state index contributed by atoms with van der Waals surface area (Å²) in [4.78, 5) is 0. The molecular weight excluding hydrogens is 185 g/mol. The minimum atomic E-state index is 1.31. The van der Waals surface area contributed by atoms with Gasteiger partial charge >= 0.3 is 61.0 Å². The SMILES string of the molecule is CC(C)=CC(C)=[CH][Ru]. The molecule has 0 aliphatic carbocycles. The topological polar surface area (TPSA) is 0 Å². The molecular formula is C7H11Ru. The summed E-state index contributed by atoms with van der Waals surface area (Å²) in [5, 5.41) is 0. The molecule has 8 heavy (non-hydrogen) atoms. The van der Waals surface area contributed by atoms with Gasteiger partial charge in [-0.15, -0.1) is 0 Å². The third kappa shape index (κ3) is 4.27. The van der Waals surface area contributed by atoms with Crippen molar-refractivity contribution in [1.29, 1.82) is 0 Å². The summed E-state index contributed by atoms with van der Waals surface area (Å²) >= 11 is 2.49. The molecule has 0 nitrogen and oxygen atoms in total. The van der Waals surface area contributed by atoms with Gasteiger partial charge in [0.2, 0.25) is 0 Å². The Balaban J connectivity index is 3.89. The summed E-state index contributed by atoms with van der Waals surface area (Å²) in [6, 6.07) is 0. The van der Waals surface area contributed by atoms with Crippen molar-refractivity contribution >= 4 is 0 Å². The van der Waals surface area contributed by atoms with Crippen LogP contribution in [0.3, 0.4) is 0 Å². The summed E-state index contributed by atoms with van der Waals surface area (Å²) in [5.74, 6) is 0. The van der Waals surface area contributed by atoms with Gasteiger partial charge < -0.3 is 0 Å². The minimum absolute atomic E-state index is 1.31. The second kappa shape index (κ2) is 4.03. The van der Waals surface area contributed by atoms with Crippen molar-refractivity contribution in [3.63, 3.8) is 0 Å². The Morgan fingerprint density at radius 1 is 1.25 bits per heavy atom. The van der Waals surface area contributed by atoms with Crippen LogP contribution in [0.25, 0.3) is 0 Å². The van der Waals surface area contributed by atoms with Crippen LogP contribution in [0.15, 0.2) is 21.9 Å². The standard InChI is InChI=1S/C7H11.Ru/c1-6(2)5-7(3)4;/h1,5H,2-4H3;. The molecule has 0 spiro atoms. The van der Waals surface area contributed by atoms with E-state index in [0.717, 1.165) is 0 Å². The first-order valence-electron chi connectivity index (χ1n) is 2.57. The predicted molar refractivity (Wildman–Crippen MR) is 33.2 cm³/mol. The molecule has 0 saturated heterocycles. The molecule has 0 unspecified atom stereocenters. The summed E-state index contributed by atoms with van der Waals surface area (Å²) in [6.07, 6.45) is 2.15. The van der Waals surface area contributed by atoms with Gasteiger partial charge in [0.1, 0.15) is 0 Å². The van der Waals surface area contributed by atoms with Gasteiger partial charge in [0.25, 0.3) is 0 Å². The molecule has 0 rings (SSSR count). The molecule has 0 amide bonds.